The lowest BCUT2D eigenvalue weighted by Gasteiger charge is -2.13. The first-order valence-electron chi connectivity index (χ1n) is 9.76. The second kappa shape index (κ2) is 8.18. The van der Waals surface area contributed by atoms with Crippen LogP contribution in [0.15, 0.2) is 50.7 Å². The summed E-state index contributed by atoms with van der Waals surface area (Å²) < 4.78 is 17.4. The van der Waals surface area contributed by atoms with Gasteiger partial charge in [-0.05, 0) is 42.8 Å². The quantitative estimate of drug-likeness (QED) is 0.479. The van der Waals surface area contributed by atoms with E-state index in [1.165, 1.54) is 25.1 Å². The molecule has 0 saturated carbocycles. The minimum atomic E-state index is -0.631. The first-order valence-corrected chi connectivity index (χ1v) is 9.76. The average molecular weight is 435 g/mol. The van der Waals surface area contributed by atoms with E-state index in [1.807, 2.05) is 0 Å². The third-order valence-corrected chi connectivity index (χ3v) is 5.34. The van der Waals surface area contributed by atoms with Gasteiger partial charge in [0.05, 0.1) is 43.4 Å². The minimum Gasteiger partial charge on any atom is -0.493 e. The number of fused-ring (bicyclic) bond motifs is 2. The SMILES string of the molecule is COc1ccc2c(C)c(CC(=O)Nc3ccc4ncn(C)c(=O)c4c3)c(=O)oc2c1OC. The van der Waals surface area contributed by atoms with E-state index in [1.54, 1.807) is 44.3 Å². The molecule has 0 aliphatic rings. The summed E-state index contributed by atoms with van der Waals surface area (Å²) in [5.74, 6) is 0.331. The maximum atomic E-state index is 12.7. The van der Waals surface area contributed by atoms with Crippen molar-refractivity contribution in [3.8, 4) is 11.5 Å². The molecule has 9 heteroatoms. The van der Waals surface area contributed by atoms with E-state index in [4.69, 9.17) is 13.9 Å². The van der Waals surface area contributed by atoms with Crippen molar-refractivity contribution in [2.24, 2.45) is 7.05 Å². The Labute approximate surface area is 182 Å². The number of hydrogen-bond donors (Lipinski definition) is 1. The maximum absolute atomic E-state index is 12.7. The van der Waals surface area contributed by atoms with Crippen LogP contribution >= 0.6 is 0 Å². The van der Waals surface area contributed by atoms with E-state index in [2.05, 4.69) is 10.3 Å². The number of nitrogens with zero attached hydrogens (tertiary/aromatic N) is 2. The molecule has 164 valence electrons. The highest BCUT2D eigenvalue weighted by molar-refractivity contribution is 5.96. The van der Waals surface area contributed by atoms with Crippen LogP contribution in [0.2, 0.25) is 0 Å². The van der Waals surface area contributed by atoms with Crippen molar-refractivity contribution in [3.05, 3.63) is 68.6 Å². The third kappa shape index (κ3) is 3.58. The molecule has 0 aliphatic heterocycles. The van der Waals surface area contributed by atoms with Crippen LogP contribution in [0.5, 0.6) is 11.5 Å². The van der Waals surface area contributed by atoms with Gasteiger partial charge < -0.3 is 23.8 Å². The molecule has 2 heterocycles. The van der Waals surface area contributed by atoms with Crippen molar-refractivity contribution >= 4 is 33.5 Å². The Morgan fingerprint density at radius 3 is 2.62 bits per heavy atom. The summed E-state index contributed by atoms with van der Waals surface area (Å²) in [6.07, 6.45) is 1.25. The van der Waals surface area contributed by atoms with Crippen LogP contribution in [0, 0.1) is 6.92 Å². The van der Waals surface area contributed by atoms with Gasteiger partial charge in [-0.25, -0.2) is 9.78 Å². The van der Waals surface area contributed by atoms with Gasteiger partial charge in [0.1, 0.15) is 0 Å². The Bertz CT molecular complexity index is 1490. The summed E-state index contributed by atoms with van der Waals surface area (Å²) in [6, 6.07) is 8.33. The monoisotopic (exact) mass is 435 g/mol. The van der Waals surface area contributed by atoms with Gasteiger partial charge in [0.25, 0.3) is 5.56 Å². The highest BCUT2D eigenvalue weighted by atomic mass is 16.5. The third-order valence-electron chi connectivity index (χ3n) is 5.34. The molecule has 0 aliphatic carbocycles. The number of carbonyl (C=O) groups excluding carboxylic acids is 1. The van der Waals surface area contributed by atoms with Gasteiger partial charge in [0, 0.05) is 18.1 Å². The lowest BCUT2D eigenvalue weighted by molar-refractivity contribution is -0.115. The smallest absolute Gasteiger partial charge is 0.340 e. The van der Waals surface area contributed by atoms with Gasteiger partial charge in [-0.15, -0.1) is 0 Å². The standard InChI is InChI=1S/C23H21N3O6/c1-12-14-6-8-18(30-3)21(31-4)20(14)32-23(29)15(12)10-19(27)25-13-5-7-17-16(9-13)22(28)26(2)11-24-17/h5-9,11H,10H2,1-4H3,(H,25,27). The molecule has 0 unspecified atom stereocenters. The Balaban J connectivity index is 1.67. The zero-order valence-corrected chi connectivity index (χ0v) is 18.0. The maximum Gasteiger partial charge on any atom is 0.340 e. The summed E-state index contributed by atoms with van der Waals surface area (Å²) in [5, 5.41) is 3.76. The van der Waals surface area contributed by atoms with Crippen molar-refractivity contribution < 1.29 is 18.7 Å². The molecule has 2 aromatic heterocycles. The molecular formula is C23H21N3O6. The number of benzene rings is 2. The summed E-state index contributed by atoms with van der Waals surface area (Å²) in [6.45, 7) is 1.75. The molecule has 32 heavy (non-hydrogen) atoms. The fourth-order valence-electron chi connectivity index (χ4n) is 3.62. The van der Waals surface area contributed by atoms with Gasteiger partial charge in [-0.1, -0.05) is 0 Å². The summed E-state index contributed by atoms with van der Waals surface area (Å²) in [4.78, 5) is 41.9. The predicted octanol–water partition coefficient (Wildman–Crippen LogP) is 2.55. The van der Waals surface area contributed by atoms with Crippen LogP contribution in [-0.2, 0) is 18.3 Å². The van der Waals surface area contributed by atoms with Crippen LogP contribution in [-0.4, -0.2) is 29.7 Å². The molecule has 1 amide bonds. The Morgan fingerprint density at radius 2 is 1.91 bits per heavy atom. The Hall–Kier alpha value is -4.14. The van der Waals surface area contributed by atoms with Crippen molar-refractivity contribution in [1.29, 1.82) is 0 Å². The van der Waals surface area contributed by atoms with E-state index in [0.717, 1.165) is 0 Å². The van der Waals surface area contributed by atoms with Crippen LogP contribution < -0.4 is 26.0 Å². The molecule has 9 nitrogen and oxygen atoms in total. The highest BCUT2D eigenvalue weighted by Gasteiger charge is 2.19. The Morgan fingerprint density at radius 1 is 1.12 bits per heavy atom. The van der Waals surface area contributed by atoms with E-state index < -0.39 is 11.5 Å². The summed E-state index contributed by atoms with van der Waals surface area (Å²) in [5.41, 5.74) is 1.22. The number of aromatic nitrogens is 2. The first kappa shape index (κ1) is 21.1. The van der Waals surface area contributed by atoms with Crippen LogP contribution in [0.25, 0.3) is 21.9 Å². The number of nitrogens with one attached hydrogen (secondary N) is 1. The second-order valence-electron chi connectivity index (χ2n) is 7.29. The van der Waals surface area contributed by atoms with Gasteiger partial charge in [-0.3, -0.25) is 9.59 Å². The van der Waals surface area contributed by atoms with E-state index in [-0.39, 0.29) is 23.1 Å². The molecule has 0 radical (unpaired) electrons. The fraction of sp³-hybridized carbons (Fsp3) is 0.217. The molecular weight excluding hydrogens is 414 g/mol. The number of hydrogen-bond acceptors (Lipinski definition) is 7. The minimum absolute atomic E-state index is 0.193. The van der Waals surface area contributed by atoms with Crippen molar-refractivity contribution in [2.45, 2.75) is 13.3 Å². The lowest BCUT2D eigenvalue weighted by Crippen LogP contribution is -2.21. The molecule has 2 aromatic carbocycles. The predicted molar refractivity (Wildman–Crippen MR) is 120 cm³/mol. The van der Waals surface area contributed by atoms with Gasteiger partial charge in [0.15, 0.2) is 11.3 Å². The molecule has 4 rings (SSSR count). The first-order chi connectivity index (χ1) is 15.3. The molecule has 0 fully saturated rings. The zero-order chi connectivity index (χ0) is 23.0. The normalized spacial score (nSPS) is 11.0. The van der Waals surface area contributed by atoms with Crippen LogP contribution in [0.3, 0.4) is 0 Å². The second-order valence-corrected chi connectivity index (χ2v) is 7.29. The summed E-state index contributed by atoms with van der Waals surface area (Å²) >= 11 is 0. The number of ether oxygens (including phenoxy) is 2. The topological polar surface area (TPSA) is 113 Å². The van der Waals surface area contributed by atoms with E-state index in [9.17, 15) is 14.4 Å². The lowest BCUT2D eigenvalue weighted by atomic mass is 10.0. The molecule has 4 aromatic rings. The molecule has 0 bridgehead atoms. The largest absolute Gasteiger partial charge is 0.493 e. The van der Waals surface area contributed by atoms with Crippen molar-refractivity contribution in [2.75, 3.05) is 19.5 Å². The number of aryl methyl sites for hydroxylation is 2. The number of carbonyl (C=O) groups is 1. The van der Waals surface area contributed by atoms with Crippen LogP contribution in [0.1, 0.15) is 11.1 Å². The molecule has 0 atom stereocenters. The average Bonchev–Trinajstić information content (AvgIpc) is 2.78. The van der Waals surface area contributed by atoms with Crippen molar-refractivity contribution in [1.82, 2.24) is 9.55 Å². The Kier molecular flexibility index (Phi) is 5.40. The van der Waals surface area contributed by atoms with Crippen molar-refractivity contribution in [3.63, 3.8) is 0 Å². The van der Waals surface area contributed by atoms with Gasteiger partial charge in [-0.2, -0.15) is 0 Å². The fourth-order valence-corrected chi connectivity index (χ4v) is 3.62. The van der Waals surface area contributed by atoms with E-state index >= 15 is 0 Å². The molecule has 0 spiro atoms. The van der Waals surface area contributed by atoms with Gasteiger partial charge in [0.2, 0.25) is 11.7 Å². The number of methoxy groups -OCH3 is 2. The molecule has 0 saturated heterocycles. The zero-order valence-electron chi connectivity index (χ0n) is 18.0. The van der Waals surface area contributed by atoms with Gasteiger partial charge >= 0.3 is 5.63 Å². The number of amides is 1. The number of rotatable bonds is 5. The number of anilines is 1. The summed E-state index contributed by atoms with van der Waals surface area (Å²) in [7, 11) is 4.55. The molecule has 1 N–H and O–H groups in total. The van der Waals surface area contributed by atoms with E-state index in [0.29, 0.717) is 39.0 Å². The van der Waals surface area contributed by atoms with Crippen LogP contribution in [0.4, 0.5) is 5.69 Å². The highest BCUT2D eigenvalue weighted by Crippen LogP contribution is 2.36.